The van der Waals surface area contributed by atoms with Gasteiger partial charge in [-0.1, -0.05) is 15.9 Å². The lowest BCUT2D eigenvalue weighted by atomic mass is 10.1. The van der Waals surface area contributed by atoms with Gasteiger partial charge in [-0.2, -0.15) is 0 Å². The van der Waals surface area contributed by atoms with Crippen LogP contribution in [-0.4, -0.2) is 15.6 Å². The molecule has 0 atom stereocenters. The predicted octanol–water partition coefficient (Wildman–Crippen LogP) is 3.77. The van der Waals surface area contributed by atoms with Gasteiger partial charge >= 0.3 is 5.97 Å². The number of carbonyl (C=O) groups is 1. The standard InChI is InChI=1S/C13H11BrFNO2/c1-2-16-11(5-6-12(16)13(17)18)9-4-3-8(14)7-10(9)15/h3-7H,2H2,1H3,(H,17,18). The van der Waals surface area contributed by atoms with E-state index in [9.17, 15) is 9.18 Å². The van der Waals surface area contributed by atoms with Crippen LogP contribution >= 0.6 is 15.9 Å². The van der Waals surface area contributed by atoms with Gasteiger partial charge in [-0.25, -0.2) is 9.18 Å². The third-order valence-electron chi connectivity index (χ3n) is 2.72. The maximum atomic E-state index is 13.9. The number of nitrogens with zero attached hydrogens (tertiary/aromatic N) is 1. The molecule has 0 fully saturated rings. The first kappa shape index (κ1) is 12.8. The topological polar surface area (TPSA) is 42.2 Å². The number of aromatic nitrogens is 1. The minimum absolute atomic E-state index is 0.162. The molecule has 0 unspecified atom stereocenters. The van der Waals surface area contributed by atoms with Crippen molar-refractivity contribution >= 4 is 21.9 Å². The molecule has 1 aromatic heterocycles. The Bertz CT molecular complexity index is 607. The van der Waals surface area contributed by atoms with E-state index in [0.29, 0.717) is 22.3 Å². The molecular weight excluding hydrogens is 301 g/mol. The van der Waals surface area contributed by atoms with Gasteiger partial charge < -0.3 is 9.67 Å². The Morgan fingerprint density at radius 3 is 2.67 bits per heavy atom. The van der Waals surface area contributed by atoms with Crippen molar-refractivity contribution in [3.05, 3.63) is 46.3 Å². The van der Waals surface area contributed by atoms with Gasteiger partial charge in [0.25, 0.3) is 0 Å². The second kappa shape index (κ2) is 4.94. The largest absolute Gasteiger partial charge is 0.477 e. The van der Waals surface area contributed by atoms with Gasteiger partial charge in [-0.3, -0.25) is 0 Å². The summed E-state index contributed by atoms with van der Waals surface area (Å²) in [6, 6.07) is 7.84. The maximum Gasteiger partial charge on any atom is 0.352 e. The molecule has 0 saturated carbocycles. The Morgan fingerprint density at radius 1 is 1.39 bits per heavy atom. The summed E-state index contributed by atoms with van der Waals surface area (Å²) in [7, 11) is 0. The highest BCUT2D eigenvalue weighted by molar-refractivity contribution is 9.10. The molecule has 0 aliphatic rings. The number of halogens is 2. The monoisotopic (exact) mass is 311 g/mol. The molecule has 3 nitrogen and oxygen atoms in total. The van der Waals surface area contributed by atoms with Crippen LogP contribution in [0.15, 0.2) is 34.8 Å². The van der Waals surface area contributed by atoms with Crippen molar-refractivity contribution in [1.82, 2.24) is 4.57 Å². The van der Waals surface area contributed by atoms with E-state index < -0.39 is 5.97 Å². The van der Waals surface area contributed by atoms with Crippen LogP contribution in [-0.2, 0) is 6.54 Å². The van der Waals surface area contributed by atoms with Gasteiger partial charge in [0.1, 0.15) is 11.5 Å². The number of carboxylic acid groups (broad SMARTS) is 1. The molecular formula is C13H11BrFNO2. The highest BCUT2D eigenvalue weighted by Gasteiger charge is 2.16. The zero-order valence-electron chi connectivity index (χ0n) is 9.65. The molecule has 0 aliphatic carbocycles. The zero-order valence-corrected chi connectivity index (χ0v) is 11.2. The number of aromatic carboxylic acids is 1. The van der Waals surface area contributed by atoms with Gasteiger partial charge in [0.15, 0.2) is 0 Å². The van der Waals surface area contributed by atoms with E-state index in [4.69, 9.17) is 5.11 Å². The molecule has 1 aromatic carbocycles. The summed E-state index contributed by atoms with van der Waals surface area (Å²) in [6.07, 6.45) is 0. The fraction of sp³-hybridized carbons (Fsp3) is 0.154. The third kappa shape index (κ3) is 2.18. The molecule has 5 heteroatoms. The van der Waals surface area contributed by atoms with Crippen molar-refractivity contribution < 1.29 is 14.3 Å². The van der Waals surface area contributed by atoms with Crippen LogP contribution < -0.4 is 0 Å². The van der Waals surface area contributed by atoms with Crippen LogP contribution in [0.2, 0.25) is 0 Å². The Balaban J connectivity index is 2.60. The van der Waals surface area contributed by atoms with Gasteiger partial charge in [-0.15, -0.1) is 0 Å². The normalized spacial score (nSPS) is 10.6. The number of hydrogen-bond acceptors (Lipinski definition) is 1. The fourth-order valence-corrected chi connectivity index (χ4v) is 2.26. The van der Waals surface area contributed by atoms with E-state index in [2.05, 4.69) is 15.9 Å². The lowest BCUT2D eigenvalue weighted by Crippen LogP contribution is -2.08. The van der Waals surface area contributed by atoms with Crippen molar-refractivity contribution in [2.24, 2.45) is 0 Å². The Hall–Kier alpha value is -1.62. The number of benzene rings is 1. The summed E-state index contributed by atoms with van der Waals surface area (Å²) in [4.78, 5) is 11.0. The summed E-state index contributed by atoms with van der Waals surface area (Å²) in [5.74, 6) is -1.39. The van der Waals surface area contributed by atoms with E-state index in [1.54, 1.807) is 22.8 Å². The molecule has 18 heavy (non-hydrogen) atoms. The van der Waals surface area contributed by atoms with Crippen LogP contribution in [0.25, 0.3) is 11.3 Å². The second-order valence-electron chi connectivity index (χ2n) is 3.78. The molecule has 0 bridgehead atoms. The van der Waals surface area contributed by atoms with E-state index in [1.807, 2.05) is 6.92 Å². The van der Waals surface area contributed by atoms with E-state index in [0.717, 1.165) is 0 Å². The minimum Gasteiger partial charge on any atom is -0.477 e. The van der Waals surface area contributed by atoms with Crippen molar-refractivity contribution in [3.63, 3.8) is 0 Å². The number of carboxylic acids is 1. The summed E-state index contributed by atoms with van der Waals surface area (Å²) in [5, 5.41) is 9.05. The van der Waals surface area contributed by atoms with Gasteiger partial charge in [-0.05, 0) is 37.3 Å². The summed E-state index contributed by atoms with van der Waals surface area (Å²) in [6.45, 7) is 2.30. The molecule has 0 saturated heterocycles. The minimum atomic E-state index is -1.01. The second-order valence-corrected chi connectivity index (χ2v) is 4.69. The zero-order chi connectivity index (χ0) is 13.3. The molecule has 0 spiro atoms. The van der Waals surface area contributed by atoms with Crippen LogP contribution in [0, 0.1) is 5.82 Å². The lowest BCUT2D eigenvalue weighted by molar-refractivity contribution is 0.0685. The number of rotatable bonds is 3. The fourth-order valence-electron chi connectivity index (χ4n) is 1.93. The third-order valence-corrected chi connectivity index (χ3v) is 3.22. The highest BCUT2D eigenvalue weighted by Crippen LogP contribution is 2.27. The SMILES string of the molecule is CCn1c(C(=O)O)ccc1-c1ccc(Br)cc1F. The van der Waals surface area contributed by atoms with Gasteiger partial charge in [0.2, 0.25) is 0 Å². The average Bonchev–Trinajstić information content (AvgIpc) is 2.72. The van der Waals surface area contributed by atoms with Crippen LogP contribution in [0.1, 0.15) is 17.4 Å². The van der Waals surface area contributed by atoms with E-state index >= 15 is 0 Å². The molecule has 2 rings (SSSR count). The smallest absolute Gasteiger partial charge is 0.352 e. The first-order valence-corrected chi connectivity index (χ1v) is 6.22. The van der Waals surface area contributed by atoms with Gasteiger partial charge in [0, 0.05) is 16.6 Å². The Morgan fingerprint density at radius 2 is 2.11 bits per heavy atom. The van der Waals surface area contributed by atoms with Crippen LogP contribution in [0.3, 0.4) is 0 Å². The molecule has 94 valence electrons. The van der Waals surface area contributed by atoms with Gasteiger partial charge in [0.05, 0.1) is 5.69 Å². The molecule has 0 radical (unpaired) electrons. The lowest BCUT2D eigenvalue weighted by Gasteiger charge is -2.10. The quantitative estimate of drug-likeness (QED) is 0.937. The van der Waals surface area contributed by atoms with Crippen LogP contribution in [0.5, 0.6) is 0 Å². The molecule has 1 heterocycles. The molecule has 1 N–H and O–H groups in total. The predicted molar refractivity (Wildman–Crippen MR) is 70.2 cm³/mol. The Labute approximate surface area is 112 Å². The van der Waals surface area contributed by atoms with Crippen molar-refractivity contribution in [3.8, 4) is 11.3 Å². The number of hydrogen-bond donors (Lipinski definition) is 1. The first-order chi connectivity index (χ1) is 8.54. The average molecular weight is 312 g/mol. The maximum absolute atomic E-state index is 13.9. The first-order valence-electron chi connectivity index (χ1n) is 5.42. The van der Waals surface area contributed by atoms with Crippen LogP contribution in [0.4, 0.5) is 4.39 Å². The molecule has 2 aromatic rings. The van der Waals surface area contributed by atoms with Crippen molar-refractivity contribution in [2.45, 2.75) is 13.5 Å². The van der Waals surface area contributed by atoms with Crippen molar-refractivity contribution in [1.29, 1.82) is 0 Å². The van der Waals surface area contributed by atoms with Crippen molar-refractivity contribution in [2.75, 3.05) is 0 Å². The summed E-state index contributed by atoms with van der Waals surface area (Å²) < 4.78 is 16.1. The molecule has 0 aliphatic heterocycles. The summed E-state index contributed by atoms with van der Waals surface area (Å²) in [5.41, 5.74) is 1.13. The van der Waals surface area contributed by atoms with E-state index in [1.165, 1.54) is 12.1 Å². The highest BCUT2D eigenvalue weighted by atomic mass is 79.9. The van der Waals surface area contributed by atoms with E-state index in [-0.39, 0.29) is 11.5 Å². The summed E-state index contributed by atoms with van der Waals surface area (Å²) >= 11 is 3.19. The Kier molecular flexibility index (Phi) is 3.52. The molecule has 0 amide bonds.